The predicted octanol–water partition coefficient (Wildman–Crippen LogP) is 3.13. The Labute approximate surface area is 138 Å². The van der Waals surface area contributed by atoms with Gasteiger partial charge >= 0.3 is 0 Å². The standard InChI is InChI=1S/C16H16N2O4S/c1-23-13-7-8-15(18(20)21)14(11-13)16(19)17-9-10-22-12-5-3-2-4-6-12/h2-8,11H,9-10H2,1H3,(H,17,19). The number of hydrogen-bond donors (Lipinski definition) is 1. The molecule has 23 heavy (non-hydrogen) atoms. The minimum atomic E-state index is -0.556. The van der Waals surface area contributed by atoms with E-state index in [1.165, 1.54) is 23.9 Å². The largest absolute Gasteiger partial charge is 0.492 e. The SMILES string of the molecule is CSc1ccc([N+](=O)[O-])c(C(=O)NCCOc2ccccc2)c1. The molecule has 0 saturated heterocycles. The van der Waals surface area contributed by atoms with Gasteiger partial charge in [-0.3, -0.25) is 14.9 Å². The van der Waals surface area contributed by atoms with Crippen LogP contribution in [0.25, 0.3) is 0 Å². The van der Waals surface area contributed by atoms with E-state index in [0.29, 0.717) is 5.75 Å². The summed E-state index contributed by atoms with van der Waals surface area (Å²) in [6.45, 7) is 0.542. The zero-order valence-corrected chi connectivity index (χ0v) is 13.3. The van der Waals surface area contributed by atoms with Gasteiger partial charge in [-0.15, -0.1) is 11.8 Å². The molecule has 2 aromatic rings. The van der Waals surface area contributed by atoms with Crippen molar-refractivity contribution in [2.24, 2.45) is 0 Å². The van der Waals surface area contributed by atoms with E-state index in [1.54, 1.807) is 6.07 Å². The molecule has 0 saturated carbocycles. The highest BCUT2D eigenvalue weighted by atomic mass is 32.2. The molecular weight excluding hydrogens is 316 g/mol. The average molecular weight is 332 g/mol. The molecule has 0 aliphatic carbocycles. The van der Waals surface area contributed by atoms with Crippen molar-refractivity contribution in [2.45, 2.75) is 4.90 Å². The summed E-state index contributed by atoms with van der Waals surface area (Å²) in [5, 5.41) is 13.7. The summed E-state index contributed by atoms with van der Waals surface area (Å²) >= 11 is 1.42. The van der Waals surface area contributed by atoms with Crippen molar-refractivity contribution in [1.29, 1.82) is 0 Å². The summed E-state index contributed by atoms with van der Waals surface area (Å²) in [6.07, 6.45) is 1.84. The number of carbonyl (C=O) groups is 1. The summed E-state index contributed by atoms with van der Waals surface area (Å²) in [5.41, 5.74) is -0.147. The predicted molar refractivity (Wildman–Crippen MR) is 89.1 cm³/mol. The van der Waals surface area contributed by atoms with E-state index in [4.69, 9.17) is 4.74 Å². The number of para-hydroxylation sites is 1. The first-order valence-corrected chi connectivity index (χ1v) is 8.13. The molecule has 0 aromatic heterocycles. The van der Waals surface area contributed by atoms with E-state index in [1.807, 2.05) is 36.6 Å². The van der Waals surface area contributed by atoms with E-state index < -0.39 is 10.8 Å². The summed E-state index contributed by atoms with van der Waals surface area (Å²) in [5.74, 6) is 0.223. The number of benzene rings is 2. The van der Waals surface area contributed by atoms with Gasteiger partial charge in [-0.1, -0.05) is 18.2 Å². The molecule has 0 bridgehead atoms. The van der Waals surface area contributed by atoms with Gasteiger partial charge in [0.1, 0.15) is 17.9 Å². The summed E-state index contributed by atoms with van der Waals surface area (Å²) in [4.78, 5) is 23.4. The molecule has 0 heterocycles. The number of nitrogens with zero attached hydrogens (tertiary/aromatic N) is 1. The fourth-order valence-electron chi connectivity index (χ4n) is 1.93. The number of hydrogen-bond acceptors (Lipinski definition) is 5. The maximum absolute atomic E-state index is 12.2. The Kier molecular flexibility index (Phi) is 5.99. The Balaban J connectivity index is 1.96. The third-order valence-electron chi connectivity index (χ3n) is 3.04. The summed E-state index contributed by atoms with van der Waals surface area (Å²) in [7, 11) is 0. The lowest BCUT2D eigenvalue weighted by molar-refractivity contribution is -0.385. The number of rotatable bonds is 7. The van der Waals surface area contributed by atoms with Gasteiger partial charge in [0, 0.05) is 11.0 Å². The fraction of sp³-hybridized carbons (Fsp3) is 0.188. The van der Waals surface area contributed by atoms with Crippen LogP contribution in [0.2, 0.25) is 0 Å². The first kappa shape index (κ1) is 16.8. The zero-order chi connectivity index (χ0) is 16.7. The Hall–Kier alpha value is -2.54. The third-order valence-corrected chi connectivity index (χ3v) is 3.77. The second-order valence-corrected chi connectivity index (χ2v) is 5.44. The molecule has 0 aliphatic heterocycles. The lowest BCUT2D eigenvalue weighted by Gasteiger charge is -2.08. The molecule has 2 aromatic carbocycles. The molecule has 6 nitrogen and oxygen atoms in total. The molecule has 0 atom stereocenters. The fourth-order valence-corrected chi connectivity index (χ4v) is 2.37. The van der Waals surface area contributed by atoms with Crippen LogP contribution in [0.4, 0.5) is 5.69 Å². The van der Waals surface area contributed by atoms with Gasteiger partial charge in [-0.2, -0.15) is 0 Å². The highest BCUT2D eigenvalue weighted by Gasteiger charge is 2.20. The Bertz CT molecular complexity index is 692. The number of nitrogens with one attached hydrogen (secondary N) is 1. The first-order chi connectivity index (χ1) is 11.1. The minimum absolute atomic E-state index is 0.0570. The van der Waals surface area contributed by atoms with Crippen LogP contribution in [0, 0.1) is 10.1 Å². The molecule has 0 spiro atoms. The average Bonchev–Trinajstić information content (AvgIpc) is 2.58. The zero-order valence-electron chi connectivity index (χ0n) is 12.5. The van der Waals surface area contributed by atoms with Crippen molar-refractivity contribution in [3.8, 4) is 5.75 Å². The lowest BCUT2D eigenvalue weighted by atomic mass is 10.1. The number of thioether (sulfide) groups is 1. The van der Waals surface area contributed by atoms with Crippen LogP contribution in [-0.2, 0) is 0 Å². The number of carbonyl (C=O) groups excluding carboxylic acids is 1. The lowest BCUT2D eigenvalue weighted by Crippen LogP contribution is -2.28. The van der Waals surface area contributed by atoms with E-state index >= 15 is 0 Å². The van der Waals surface area contributed by atoms with E-state index in [0.717, 1.165) is 4.90 Å². The van der Waals surface area contributed by atoms with E-state index in [9.17, 15) is 14.9 Å². The van der Waals surface area contributed by atoms with Crippen molar-refractivity contribution >= 4 is 23.4 Å². The molecule has 0 unspecified atom stereocenters. The molecule has 0 radical (unpaired) electrons. The van der Waals surface area contributed by atoms with Gasteiger partial charge in [0.2, 0.25) is 0 Å². The Morgan fingerprint density at radius 2 is 2.00 bits per heavy atom. The molecular formula is C16H16N2O4S. The number of amides is 1. The van der Waals surface area contributed by atoms with Gasteiger partial charge in [-0.05, 0) is 30.5 Å². The van der Waals surface area contributed by atoms with Crippen molar-refractivity contribution in [1.82, 2.24) is 5.32 Å². The normalized spacial score (nSPS) is 10.1. The van der Waals surface area contributed by atoms with E-state index in [-0.39, 0.29) is 24.4 Å². The summed E-state index contributed by atoms with van der Waals surface area (Å²) in [6, 6.07) is 13.7. The van der Waals surface area contributed by atoms with Gasteiger partial charge in [-0.25, -0.2) is 0 Å². The van der Waals surface area contributed by atoms with Crippen LogP contribution in [-0.4, -0.2) is 30.2 Å². The topological polar surface area (TPSA) is 81.5 Å². The number of nitro groups is 1. The van der Waals surface area contributed by atoms with Crippen LogP contribution in [0.15, 0.2) is 53.4 Å². The summed E-state index contributed by atoms with van der Waals surface area (Å²) < 4.78 is 5.46. The van der Waals surface area contributed by atoms with E-state index in [2.05, 4.69) is 5.32 Å². The van der Waals surface area contributed by atoms with Gasteiger partial charge in [0.25, 0.3) is 11.6 Å². The second-order valence-electron chi connectivity index (χ2n) is 4.56. The van der Waals surface area contributed by atoms with Gasteiger partial charge in [0.15, 0.2) is 0 Å². The smallest absolute Gasteiger partial charge is 0.282 e. The second kappa shape index (κ2) is 8.19. The van der Waals surface area contributed by atoms with Gasteiger partial charge in [0.05, 0.1) is 11.5 Å². The number of nitro benzene ring substituents is 1. The molecule has 7 heteroatoms. The van der Waals surface area contributed by atoms with Crippen LogP contribution in [0.5, 0.6) is 5.75 Å². The van der Waals surface area contributed by atoms with Crippen LogP contribution < -0.4 is 10.1 Å². The monoisotopic (exact) mass is 332 g/mol. The highest BCUT2D eigenvalue weighted by molar-refractivity contribution is 7.98. The minimum Gasteiger partial charge on any atom is -0.492 e. The maximum atomic E-state index is 12.2. The molecule has 1 amide bonds. The van der Waals surface area contributed by atoms with Crippen molar-refractivity contribution in [2.75, 3.05) is 19.4 Å². The van der Waals surface area contributed by atoms with Crippen LogP contribution in [0.3, 0.4) is 0 Å². The van der Waals surface area contributed by atoms with Crippen molar-refractivity contribution in [3.05, 3.63) is 64.2 Å². The molecule has 120 valence electrons. The van der Waals surface area contributed by atoms with Crippen LogP contribution in [0.1, 0.15) is 10.4 Å². The van der Waals surface area contributed by atoms with Crippen molar-refractivity contribution in [3.63, 3.8) is 0 Å². The molecule has 0 aliphatic rings. The maximum Gasteiger partial charge on any atom is 0.282 e. The quantitative estimate of drug-likeness (QED) is 0.365. The Morgan fingerprint density at radius 3 is 2.65 bits per heavy atom. The molecule has 1 N–H and O–H groups in total. The third kappa shape index (κ3) is 4.72. The van der Waals surface area contributed by atoms with Crippen LogP contribution >= 0.6 is 11.8 Å². The highest BCUT2D eigenvalue weighted by Crippen LogP contribution is 2.24. The molecule has 0 fully saturated rings. The van der Waals surface area contributed by atoms with Gasteiger partial charge < -0.3 is 10.1 Å². The Morgan fingerprint density at radius 1 is 1.26 bits per heavy atom. The van der Waals surface area contributed by atoms with Crippen molar-refractivity contribution < 1.29 is 14.5 Å². The molecule has 2 rings (SSSR count). The number of ether oxygens (including phenoxy) is 1. The first-order valence-electron chi connectivity index (χ1n) is 6.90.